The normalized spacial score (nSPS) is 20.2. The van der Waals surface area contributed by atoms with Gasteiger partial charge in [-0.15, -0.1) is 0 Å². The van der Waals surface area contributed by atoms with Crippen molar-refractivity contribution in [1.29, 1.82) is 0 Å². The Balaban J connectivity index is 1.82. The van der Waals surface area contributed by atoms with Gasteiger partial charge in [-0.2, -0.15) is 0 Å². The molecule has 0 unspecified atom stereocenters. The number of carboxylic acid groups (broad SMARTS) is 1. The molecule has 3 nitrogen and oxygen atoms in total. The van der Waals surface area contributed by atoms with Crippen molar-refractivity contribution in [3.05, 3.63) is 29.3 Å². The number of fused-ring (bicyclic) bond motifs is 1. The van der Waals surface area contributed by atoms with E-state index in [9.17, 15) is 9.90 Å². The van der Waals surface area contributed by atoms with Gasteiger partial charge in [0.1, 0.15) is 5.75 Å². The Hall–Kier alpha value is -1.51. The van der Waals surface area contributed by atoms with Gasteiger partial charge in [-0.1, -0.05) is 12.1 Å². The number of aliphatic carboxylic acids is 1. The van der Waals surface area contributed by atoms with Gasteiger partial charge < -0.3 is 9.84 Å². The minimum absolute atomic E-state index is 0.468. The van der Waals surface area contributed by atoms with Crippen LogP contribution in [0.4, 0.5) is 0 Å². The van der Waals surface area contributed by atoms with Gasteiger partial charge in [-0.25, -0.2) is 0 Å². The molecule has 1 aliphatic carbocycles. The van der Waals surface area contributed by atoms with E-state index in [0.29, 0.717) is 6.42 Å². The van der Waals surface area contributed by atoms with E-state index in [1.807, 2.05) is 12.1 Å². The highest BCUT2D eigenvalue weighted by molar-refractivity contribution is 5.78. The number of hydrogen-bond donors (Lipinski definition) is 1. The first-order valence-electron chi connectivity index (χ1n) is 6.18. The summed E-state index contributed by atoms with van der Waals surface area (Å²) in [4.78, 5) is 11.2. The van der Waals surface area contributed by atoms with Crippen molar-refractivity contribution in [2.45, 2.75) is 32.1 Å². The van der Waals surface area contributed by atoms with Crippen LogP contribution in [0.1, 0.15) is 30.4 Å². The third-order valence-electron chi connectivity index (χ3n) is 3.82. The van der Waals surface area contributed by atoms with E-state index >= 15 is 0 Å². The summed E-state index contributed by atoms with van der Waals surface area (Å²) in [6.07, 6.45) is 4.39. The van der Waals surface area contributed by atoms with Crippen LogP contribution in [-0.4, -0.2) is 17.7 Å². The Kier molecular flexibility index (Phi) is 2.35. The van der Waals surface area contributed by atoms with Gasteiger partial charge in [0.2, 0.25) is 0 Å². The lowest BCUT2D eigenvalue weighted by atomic mass is 9.94. The highest BCUT2D eigenvalue weighted by atomic mass is 16.5. The zero-order valence-electron chi connectivity index (χ0n) is 9.74. The fourth-order valence-corrected chi connectivity index (χ4v) is 2.53. The van der Waals surface area contributed by atoms with Gasteiger partial charge in [0.25, 0.3) is 0 Å². The Morgan fingerprint density at radius 3 is 2.94 bits per heavy atom. The van der Waals surface area contributed by atoms with E-state index in [4.69, 9.17) is 4.74 Å². The summed E-state index contributed by atoms with van der Waals surface area (Å²) in [5, 5.41) is 9.18. The van der Waals surface area contributed by atoms with E-state index in [0.717, 1.165) is 43.6 Å². The highest BCUT2D eigenvalue weighted by Crippen LogP contribution is 2.48. The second-order valence-electron chi connectivity index (χ2n) is 5.16. The minimum atomic E-state index is -0.647. The topological polar surface area (TPSA) is 46.5 Å². The number of benzene rings is 1. The highest BCUT2D eigenvalue weighted by Gasteiger charge is 2.49. The molecule has 1 aromatic rings. The van der Waals surface area contributed by atoms with E-state index in [1.165, 1.54) is 5.56 Å². The van der Waals surface area contributed by atoms with Crippen molar-refractivity contribution < 1.29 is 14.6 Å². The molecule has 0 amide bonds. The smallest absolute Gasteiger partial charge is 0.309 e. The first kappa shape index (κ1) is 10.6. The van der Waals surface area contributed by atoms with Crippen LogP contribution in [0.3, 0.4) is 0 Å². The third kappa shape index (κ3) is 1.90. The molecule has 3 heteroatoms. The Morgan fingerprint density at radius 2 is 2.24 bits per heavy atom. The fourth-order valence-electron chi connectivity index (χ4n) is 2.53. The minimum Gasteiger partial charge on any atom is -0.493 e. The SMILES string of the molecule is O=C(O)C1(Cc2ccc3c(c2)CCCO3)CC1. The maximum atomic E-state index is 11.2. The van der Waals surface area contributed by atoms with E-state index in [-0.39, 0.29) is 0 Å². The molecule has 0 atom stereocenters. The third-order valence-corrected chi connectivity index (χ3v) is 3.82. The number of hydrogen-bond acceptors (Lipinski definition) is 2. The molecule has 0 radical (unpaired) electrons. The Bertz CT molecular complexity index is 461. The van der Waals surface area contributed by atoms with Crippen molar-refractivity contribution in [1.82, 2.24) is 0 Å². The molecule has 1 N–H and O–H groups in total. The summed E-state index contributed by atoms with van der Waals surface area (Å²) in [6, 6.07) is 6.12. The van der Waals surface area contributed by atoms with Crippen molar-refractivity contribution >= 4 is 5.97 Å². The predicted octanol–water partition coefficient (Wildman–Crippen LogP) is 2.42. The standard InChI is InChI=1S/C14H16O3/c15-13(16)14(5-6-14)9-10-3-4-12-11(8-10)2-1-7-17-12/h3-4,8H,1-2,5-7,9H2,(H,15,16). The number of rotatable bonds is 3. The molecule has 0 saturated heterocycles. The molecule has 0 spiro atoms. The average molecular weight is 232 g/mol. The lowest BCUT2D eigenvalue weighted by molar-refractivity contribution is -0.143. The van der Waals surface area contributed by atoms with Crippen LogP contribution < -0.4 is 4.74 Å². The largest absolute Gasteiger partial charge is 0.493 e. The van der Waals surface area contributed by atoms with E-state index in [2.05, 4.69) is 6.07 Å². The first-order valence-corrected chi connectivity index (χ1v) is 6.18. The maximum absolute atomic E-state index is 11.2. The van der Waals surface area contributed by atoms with Gasteiger partial charge >= 0.3 is 5.97 Å². The van der Waals surface area contributed by atoms with Gasteiger partial charge in [-0.3, -0.25) is 4.79 Å². The molecular formula is C14H16O3. The molecule has 0 aromatic heterocycles. The monoisotopic (exact) mass is 232 g/mol. The second kappa shape index (κ2) is 3.76. The van der Waals surface area contributed by atoms with Crippen LogP contribution >= 0.6 is 0 Å². The lowest BCUT2D eigenvalue weighted by Crippen LogP contribution is -2.18. The molecule has 1 aliphatic heterocycles. The molecule has 90 valence electrons. The van der Waals surface area contributed by atoms with Crippen molar-refractivity contribution in [3.8, 4) is 5.75 Å². The number of aryl methyl sites for hydroxylation is 1. The summed E-state index contributed by atoms with van der Waals surface area (Å²) in [7, 11) is 0. The molecular weight excluding hydrogens is 216 g/mol. The zero-order valence-corrected chi connectivity index (χ0v) is 9.74. The van der Waals surface area contributed by atoms with Crippen molar-refractivity contribution in [2.75, 3.05) is 6.61 Å². The number of carbonyl (C=O) groups is 1. The fraction of sp³-hybridized carbons (Fsp3) is 0.500. The first-order chi connectivity index (χ1) is 8.20. The summed E-state index contributed by atoms with van der Waals surface area (Å²) in [5.74, 6) is 0.326. The van der Waals surface area contributed by atoms with E-state index < -0.39 is 11.4 Å². The number of carboxylic acids is 1. The van der Waals surface area contributed by atoms with Gasteiger partial charge in [0.15, 0.2) is 0 Å². The molecule has 17 heavy (non-hydrogen) atoms. The Morgan fingerprint density at radius 1 is 1.41 bits per heavy atom. The quantitative estimate of drug-likeness (QED) is 0.870. The summed E-state index contributed by atoms with van der Waals surface area (Å²) in [6.45, 7) is 0.797. The summed E-state index contributed by atoms with van der Waals surface area (Å²) in [5.41, 5.74) is 1.90. The molecule has 1 fully saturated rings. The van der Waals surface area contributed by atoms with Crippen LogP contribution in [0.15, 0.2) is 18.2 Å². The van der Waals surface area contributed by atoms with Crippen LogP contribution in [-0.2, 0) is 17.6 Å². The predicted molar refractivity (Wildman–Crippen MR) is 63.3 cm³/mol. The van der Waals surface area contributed by atoms with Crippen molar-refractivity contribution in [3.63, 3.8) is 0 Å². The molecule has 0 bridgehead atoms. The van der Waals surface area contributed by atoms with Crippen LogP contribution in [0.5, 0.6) is 5.75 Å². The van der Waals surface area contributed by atoms with Crippen LogP contribution in [0, 0.1) is 5.41 Å². The Labute approximate surface area is 100 Å². The molecule has 1 saturated carbocycles. The molecule has 3 rings (SSSR count). The summed E-state index contributed by atoms with van der Waals surface area (Å²) >= 11 is 0. The zero-order chi connectivity index (χ0) is 11.9. The summed E-state index contributed by atoms with van der Waals surface area (Å²) < 4.78 is 5.56. The molecule has 2 aliphatic rings. The average Bonchev–Trinajstić information content (AvgIpc) is 3.10. The van der Waals surface area contributed by atoms with Crippen LogP contribution in [0.2, 0.25) is 0 Å². The number of ether oxygens (including phenoxy) is 1. The lowest BCUT2D eigenvalue weighted by Gasteiger charge is -2.18. The van der Waals surface area contributed by atoms with Crippen LogP contribution in [0.25, 0.3) is 0 Å². The van der Waals surface area contributed by atoms with Gasteiger partial charge in [0.05, 0.1) is 12.0 Å². The second-order valence-corrected chi connectivity index (χ2v) is 5.16. The van der Waals surface area contributed by atoms with Gasteiger partial charge in [0, 0.05) is 0 Å². The van der Waals surface area contributed by atoms with E-state index in [1.54, 1.807) is 0 Å². The molecule has 1 heterocycles. The maximum Gasteiger partial charge on any atom is 0.309 e. The van der Waals surface area contributed by atoms with Gasteiger partial charge in [-0.05, 0) is 49.3 Å². The van der Waals surface area contributed by atoms with Crippen molar-refractivity contribution in [2.24, 2.45) is 5.41 Å². The molecule has 1 aromatic carbocycles.